The maximum absolute atomic E-state index is 11.5. The van der Waals surface area contributed by atoms with Crippen LogP contribution in [0.1, 0.15) is 6.42 Å². The zero-order valence-electron chi connectivity index (χ0n) is 8.77. The summed E-state index contributed by atoms with van der Waals surface area (Å²) in [4.78, 5) is 11.5. The van der Waals surface area contributed by atoms with Gasteiger partial charge in [0.15, 0.2) is 0 Å². The molecule has 1 heterocycles. The summed E-state index contributed by atoms with van der Waals surface area (Å²) in [7, 11) is 1.49. The minimum Gasteiger partial charge on any atom is -0.392 e. The molecule has 0 aliphatic carbocycles. The Bertz CT molecular complexity index is 212. The summed E-state index contributed by atoms with van der Waals surface area (Å²) in [6, 6.07) is -0.352. The predicted molar refractivity (Wildman–Crippen MR) is 53.3 cm³/mol. The number of hydrogen-bond donors (Lipinski definition) is 4. The molecule has 6 nitrogen and oxygen atoms in total. The van der Waals surface area contributed by atoms with Gasteiger partial charge in [-0.15, -0.1) is 0 Å². The van der Waals surface area contributed by atoms with Crippen molar-refractivity contribution in [2.75, 3.05) is 26.8 Å². The summed E-state index contributed by atoms with van der Waals surface area (Å²) in [5, 5.41) is 24.0. The third-order valence-corrected chi connectivity index (χ3v) is 2.30. The van der Waals surface area contributed by atoms with Crippen LogP contribution in [-0.4, -0.2) is 61.2 Å². The molecule has 0 bridgehead atoms. The van der Waals surface area contributed by atoms with Gasteiger partial charge in [0.1, 0.15) is 0 Å². The number of nitrogens with one attached hydrogen (secondary N) is 2. The van der Waals surface area contributed by atoms with Crippen LogP contribution in [0.3, 0.4) is 0 Å². The molecule has 88 valence electrons. The summed E-state index contributed by atoms with van der Waals surface area (Å²) in [6.45, 7) is 0.806. The second kappa shape index (κ2) is 6.02. The number of carbonyl (C=O) groups excluding carboxylic acids is 1. The van der Waals surface area contributed by atoms with Crippen molar-refractivity contribution < 1.29 is 19.7 Å². The lowest BCUT2D eigenvalue weighted by Gasteiger charge is -2.13. The summed E-state index contributed by atoms with van der Waals surface area (Å²) >= 11 is 0. The first-order valence-electron chi connectivity index (χ1n) is 4.99. The number of carbonyl (C=O) groups is 1. The van der Waals surface area contributed by atoms with Gasteiger partial charge in [0, 0.05) is 20.2 Å². The second-order valence-corrected chi connectivity index (χ2v) is 3.70. The normalized spacial score (nSPS) is 27.7. The number of β-amino-alcohol motifs (C(OH)–C–C–N with tert-alkyl or cyclic N) is 1. The van der Waals surface area contributed by atoms with Gasteiger partial charge in [-0.2, -0.15) is 0 Å². The molecule has 4 N–H and O–H groups in total. The smallest absolute Gasteiger partial charge is 0.237 e. The fraction of sp³-hybridized carbons (Fsp3) is 0.889. The zero-order valence-corrected chi connectivity index (χ0v) is 8.77. The molecule has 1 aliphatic heterocycles. The van der Waals surface area contributed by atoms with Crippen molar-refractivity contribution in [3.8, 4) is 0 Å². The third-order valence-electron chi connectivity index (χ3n) is 2.30. The molecular formula is C9H18N2O4. The Labute approximate surface area is 88.6 Å². The van der Waals surface area contributed by atoms with Gasteiger partial charge in [0.05, 0.1) is 24.9 Å². The molecule has 3 unspecified atom stereocenters. The molecule has 1 fully saturated rings. The SMILES string of the molecule is COCC(O)CNC(=O)C1CC(O)CN1. The lowest BCUT2D eigenvalue weighted by Crippen LogP contribution is -2.44. The minimum atomic E-state index is -0.690. The van der Waals surface area contributed by atoms with Crippen molar-refractivity contribution in [3.63, 3.8) is 0 Å². The van der Waals surface area contributed by atoms with Gasteiger partial charge in [-0.05, 0) is 6.42 Å². The fourth-order valence-electron chi connectivity index (χ4n) is 1.51. The van der Waals surface area contributed by atoms with E-state index < -0.39 is 12.2 Å². The van der Waals surface area contributed by atoms with Crippen molar-refractivity contribution >= 4 is 5.91 Å². The molecule has 1 amide bonds. The highest BCUT2D eigenvalue weighted by Gasteiger charge is 2.27. The number of hydrogen-bond acceptors (Lipinski definition) is 5. The first-order valence-corrected chi connectivity index (χ1v) is 4.99. The molecule has 3 atom stereocenters. The van der Waals surface area contributed by atoms with E-state index in [0.717, 1.165) is 0 Å². The third kappa shape index (κ3) is 4.13. The summed E-state index contributed by atoms with van der Waals surface area (Å²) in [5.74, 6) is -0.193. The first kappa shape index (κ1) is 12.4. The quantitative estimate of drug-likeness (QED) is 0.422. The van der Waals surface area contributed by atoms with Crippen LogP contribution in [0, 0.1) is 0 Å². The molecule has 1 saturated heterocycles. The van der Waals surface area contributed by atoms with Crippen molar-refractivity contribution in [1.82, 2.24) is 10.6 Å². The van der Waals surface area contributed by atoms with Crippen LogP contribution in [-0.2, 0) is 9.53 Å². The van der Waals surface area contributed by atoms with Gasteiger partial charge in [0.2, 0.25) is 5.91 Å². The molecule has 0 spiro atoms. The average Bonchev–Trinajstić information content (AvgIpc) is 2.62. The summed E-state index contributed by atoms with van der Waals surface area (Å²) in [5.41, 5.74) is 0. The monoisotopic (exact) mass is 218 g/mol. The molecule has 0 aromatic heterocycles. The number of ether oxygens (including phenoxy) is 1. The highest BCUT2D eigenvalue weighted by molar-refractivity contribution is 5.82. The number of aliphatic hydroxyl groups is 2. The Hall–Kier alpha value is -0.690. The van der Waals surface area contributed by atoms with Crippen molar-refractivity contribution in [2.45, 2.75) is 24.7 Å². The van der Waals surface area contributed by atoms with Crippen LogP contribution in [0.4, 0.5) is 0 Å². The van der Waals surface area contributed by atoms with Gasteiger partial charge in [-0.25, -0.2) is 0 Å². The number of amides is 1. The Morgan fingerprint density at radius 3 is 3.00 bits per heavy atom. The molecule has 0 saturated carbocycles. The van der Waals surface area contributed by atoms with Crippen molar-refractivity contribution in [3.05, 3.63) is 0 Å². The molecule has 0 aromatic rings. The molecule has 1 rings (SSSR count). The maximum atomic E-state index is 11.5. The van der Waals surface area contributed by atoms with E-state index in [-0.39, 0.29) is 25.1 Å². The molecule has 15 heavy (non-hydrogen) atoms. The molecule has 1 aliphatic rings. The van der Waals surface area contributed by atoms with E-state index in [4.69, 9.17) is 4.74 Å². The van der Waals surface area contributed by atoms with E-state index in [1.165, 1.54) is 7.11 Å². The van der Waals surface area contributed by atoms with Crippen LogP contribution in [0.15, 0.2) is 0 Å². The Morgan fingerprint density at radius 1 is 1.73 bits per heavy atom. The molecule has 6 heteroatoms. The van der Waals surface area contributed by atoms with Crippen LogP contribution in [0.5, 0.6) is 0 Å². The highest BCUT2D eigenvalue weighted by atomic mass is 16.5. The van der Waals surface area contributed by atoms with Crippen LogP contribution < -0.4 is 10.6 Å². The largest absolute Gasteiger partial charge is 0.392 e. The Morgan fingerprint density at radius 2 is 2.47 bits per heavy atom. The summed E-state index contributed by atoms with van der Waals surface area (Å²) < 4.78 is 4.72. The standard InChI is InChI=1S/C9H18N2O4/c1-15-5-7(13)4-11-9(14)8-2-6(12)3-10-8/h6-8,10,12-13H,2-5H2,1H3,(H,11,14). The predicted octanol–water partition coefficient (Wildman–Crippen LogP) is -2.17. The maximum Gasteiger partial charge on any atom is 0.237 e. The van der Waals surface area contributed by atoms with Gasteiger partial charge < -0.3 is 25.6 Å². The Kier molecular flexibility index (Phi) is 4.97. The number of aliphatic hydroxyl groups excluding tert-OH is 2. The highest BCUT2D eigenvalue weighted by Crippen LogP contribution is 2.05. The van der Waals surface area contributed by atoms with E-state index in [0.29, 0.717) is 13.0 Å². The molecular weight excluding hydrogens is 200 g/mol. The van der Waals surface area contributed by atoms with E-state index >= 15 is 0 Å². The minimum absolute atomic E-state index is 0.168. The Balaban J connectivity index is 2.18. The van der Waals surface area contributed by atoms with E-state index in [1.807, 2.05) is 0 Å². The van der Waals surface area contributed by atoms with E-state index in [2.05, 4.69) is 10.6 Å². The van der Waals surface area contributed by atoms with Crippen LogP contribution in [0.2, 0.25) is 0 Å². The van der Waals surface area contributed by atoms with Gasteiger partial charge >= 0.3 is 0 Å². The van der Waals surface area contributed by atoms with Gasteiger partial charge in [-0.3, -0.25) is 4.79 Å². The second-order valence-electron chi connectivity index (χ2n) is 3.70. The molecule has 0 radical (unpaired) electrons. The number of rotatable bonds is 5. The van der Waals surface area contributed by atoms with Gasteiger partial charge in [0.25, 0.3) is 0 Å². The van der Waals surface area contributed by atoms with Crippen molar-refractivity contribution in [1.29, 1.82) is 0 Å². The number of methoxy groups -OCH3 is 1. The van der Waals surface area contributed by atoms with E-state index in [9.17, 15) is 15.0 Å². The van der Waals surface area contributed by atoms with E-state index in [1.54, 1.807) is 0 Å². The van der Waals surface area contributed by atoms with Crippen LogP contribution >= 0.6 is 0 Å². The first-order chi connectivity index (χ1) is 7.13. The van der Waals surface area contributed by atoms with Gasteiger partial charge in [-0.1, -0.05) is 0 Å². The van der Waals surface area contributed by atoms with Crippen molar-refractivity contribution in [2.24, 2.45) is 0 Å². The fourth-order valence-corrected chi connectivity index (χ4v) is 1.51. The summed E-state index contributed by atoms with van der Waals surface area (Å²) in [6.07, 6.45) is -0.721. The topological polar surface area (TPSA) is 90.8 Å². The lowest BCUT2D eigenvalue weighted by atomic mass is 10.2. The molecule has 0 aromatic carbocycles. The van der Waals surface area contributed by atoms with Crippen LogP contribution in [0.25, 0.3) is 0 Å². The average molecular weight is 218 g/mol. The zero-order chi connectivity index (χ0) is 11.3. The lowest BCUT2D eigenvalue weighted by molar-refractivity contribution is -0.123.